The van der Waals surface area contributed by atoms with E-state index in [1.165, 1.54) is 29.7 Å². The zero-order valence-corrected chi connectivity index (χ0v) is 13.3. The standard InChI is InChI=1S/C18H24N2O/c1-5-14-11(2)17(12-6-7-12)20(4)16-9-8-13(10-15(14)16)18(21)19-3/h5,8-12,17H,6-7H2,1-4H3,(H,19,21)/b14-5+/t11-,17?/m0/s1. The Morgan fingerprint density at radius 1 is 1.38 bits per heavy atom. The molecule has 1 saturated carbocycles. The normalized spacial score (nSPS) is 26.7. The number of benzene rings is 1. The van der Waals surface area contributed by atoms with E-state index in [2.05, 4.69) is 43.3 Å². The van der Waals surface area contributed by atoms with Gasteiger partial charge in [-0.3, -0.25) is 4.79 Å². The summed E-state index contributed by atoms with van der Waals surface area (Å²) in [5.74, 6) is 1.32. The zero-order chi connectivity index (χ0) is 15.1. The van der Waals surface area contributed by atoms with Crippen molar-refractivity contribution in [3.8, 4) is 0 Å². The van der Waals surface area contributed by atoms with Crippen molar-refractivity contribution in [2.75, 3.05) is 19.0 Å². The van der Waals surface area contributed by atoms with Gasteiger partial charge in [0.25, 0.3) is 5.91 Å². The molecule has 1 heterocycles. The van der Waals surface area contributed by atoms with Gasteiger partial charge in [-0.05, 0) is 49.5 Å². The van der Waals surface area contributed by atoms with Gasteiger partial charge in [-0.15, -0.1) is 0 Å². The zero-order valence-electron chi connectivity index (χ0n) is 13.3. The number of amides is 1. The lowest BCUT2D eigenvalue weighted by molar-refractivity contribution is 0.0963. The van der Waals surface area contributed by atoms with Crippen LogP contribution in [-0.2, 0) is 0 Å². The lowest BCUT2D eigenvalue weighted by Crippen LogP contribution is -2.43. The molecule has 1 aromatic rings. The maximum absolute atomic E-state index is 11.9. The number of hydrogen-bond donors (Lipinski definition) is 1. The number of hydrogen-bond acceptors (Lipinski definition) is 2. The highest BCUT2D eigenvalue weighted by atomic mass is 16.1. The molecule has 3 nitrogen and oxygen atoms in total. The maximum Gasteiger partial charge on any atom is 0.251 e. The molecule has 0 aromatic heterocycles. The fourth-order valence-electron chi connectivity index (χ4n) is 3.87. The highest BCUT2D eigenvalue weighted by molar-refractivity contribution is 5.96. The van der Waals surface area contributed by atoms with Gasteiger partial charge in [0.2, 0.25) is 0 Å². The number of fused-ring (bicyclic) bond motifs is 1. The summed E-state index contributed by atoms with van der Waals surface area (Å²) in [6.07, 6.45) is 4.92. The van der Waals surface area contributed by atoms with Crippen molar-refractivity contribution >= 4 is 17.2 Å². The molecule has 0 radical (unpaired) electrons. The smallest absolute Gasteiger partial charge is 0.251 e. The predicted octanol–water partition coefficient (Wildman–Crippen LogP) is 3.31. The van der Waals surface area contributed by atoms with Crippen molar-refractivity contribution < 1.29 is 4.79 Å². The average molecular weight is 284 g/mol. The van der Waals surface area contributed by atoms with Crippen LogP contribution in [0.4, 0.5) is 5.69 Å². The third-order valence-corrected chi connectivity index (χ3v) is 5.04. The van der Waals surface area contributed by atoms with Crippen LogP contribution in [0.2, 0.25) is 0 Å². The van der Waals surface area contributed by atoms with Gasteiger partial charge in [0.1, 0.15) is 0 Å². The number of rotatable bonds is 2. The molecule has 0 saturated heterocycles. The molecule has 1 aromatic carbocycles. The molecule has 3 rings (SSSR count). The number of nitrogens with one attached hydrogen (secondary N) is 1. The van der Waals surface area contributed by atoms with Gasteiger partial charge in [-0.25, -0.2) is 0 Å². The second-order valence-corrected chi connectivity index (χ2v) is 6.28. The largest absolute Gasteiger partial charge is 0.370 e. The minimum Gasteiger partial charge on any atom is -0.370 e. The summed E-state index contributed by atoms with van der Waals surface area (Å²) < 4.78 is 0. The van der Waals surface area contributed by atoms with E-state index in [1.54, 1.807) is 7.05 Å². The average Bonchev–Trinajstić information content (AvgIpc) is 3.31. The van der Waals surface area contributed by atoms with Crippen LogP contribution in [0.15, 0.2) is 24.3 Å². The first-order valence-electron chi connectivity index (χ1n) is 7.84. The first-order chi connectivity index (χ1) is 10.1. The van der Waals surface area contributed by atoms with E-state index in [0.29, 0.717) is 12.0 Å². The molecule has 3 heteroatoms. The molecular formula is C18H24N2O. The van der Waals surface area contributed by atoms with Gasteiger partial charge >= 0.3 is 0 Å². The SMILES string of the molecule is C/C=C1/c2cc(C(=O)NC)ccc2N(C)C(C2CC2)[C@H]1C. The monoisotopic (exact) mass is 284 g/mol. The van der Waals surface area contributed by atoms with Gasteiger partial charge in [0, 0.05) is 42.9 Å². The summed E-state index contributed by atoms with van der Waals surface area (Å²) in [5.41, 5.74) is 4.59. The van der Waals surface area contributed by atoms with E-state index >= 15 is 0 Å². The molecule has 2 aliphatic rings. The van der Waals surface area contributed by atoms with Crippen molar-refractivity contribution in [3.63, 3.8) is 0 Å². The molecule has 0 spiro atoms. The molecule has 1 aliphatic heterocycles. The molecule has 1 amide bonds. The van der Waals surface area contributed by atoms with Crippen molar-refractivity contribution in [2.45, 2.75) is 32.7 Å². The van der Waals surface area contributed by atoms with E-state index < -0.39 is 0 Å². The number of nitrogens with zero attached hydrogens (tertiary/aromatic N) is 1. The van der Waals surface area contributed by atoms with E-state index in [-0.39, 0.29) is 5.91 Å². The second-order valence-electron chi connectivity index (χ2n) is 6.28. The highest BCUT2D eigenvalue weighted by Crippen LogP contribution is 2.48. The van der Waals surface area contributed by atoms with Crippen molar-refractivity contribution in [1.29, 1.82) is 0 Å². The van der Waals surface area contributed by atoms with Gasteiger partial charge in [0.05, 0.1) is 0 Å². The Labute approximate surface area is 127 Å². The molecule has 0 bridgehead atoms. The maximum atomic E-state index is 11.9. The molecule has 1 unspecified atom stereocenters. The topological polar surface area (TPSA) is 32.3 Å². The Kier molecular flexibility index (Phi) is 3.52. The minimum atomic E-state index is -0.0205. The van der Waals surface area contributed by atoms with Crippen LogP contribution in [0.3, 0.4) is 0 Å². The summed E-state index contributed by atoms with van der Waals surface area (Å²) in [6.45, 7) is 4.43. The van der Waals surface area contributed by atoms with Gasteiger partial charge in [-0.1, -0.05) is 13.0 Å². The van der Waals surface area contributed by atoms with Gasteiger partial charge < -0.3 is 10.2 Å². The van der Waals surface area contributed by atoms with Crippen LogP contribution in [0.25, 0.3) is 5.57 Å². The first kappa shape index (κ1) is 14.2. The van der Waals surface area contributed by atoms with Crippen molar-refractivity contribution in [2.24, 2.45) is 11.8 Å². The van der Waals surface area contributed by atoms with Crippen molar-refractivity contribution in [3.05, 3.63) is 35.4 Å². The van der Waals surface area contributed by atoms with E-state index in [9.17, 15) is 4.79 Å². The fraction of sp³-hybridized carbons (Fsp3) is 0.500. The number of carbonyl (C=O) groups is 1. The molecule has 2 atom stereocenters. The van der Waals surface area contributed by atoms with Crippen LogP contribution >= 0.6 is 0 Å². The Hall–Kier alpha value is -1.77. The Bertz CT molecular complexity index is 601. The molecule has 112 valence electrons. The quantitative estimate of drug-likeness (QED) is 0.903. The molecule has 1 N–H and O–H groups in total. The minimum absolute atomic E-state index is 0.0205. The van der Waals surface area contributed by atoms with Gasteiger partial charge in [0.15, 0.2) is 0 Å². The summed E-state index contributed by atoms with van der Waals surface area (Å²) in [5, 5.41) is 2.71. The Morgan fingerprint density at radius 2 is 2.10 bits per heavy atom. The van der Waals surface area contributed by atoms with E-state index in [4.69, 9.17) is 0 Å². The number of carbonyl (C=O) groups excluding carboxylic acids is 1. The first-order valence-corrected chi connectivity index (χ1v) is 7.84. The van der Waals surface area contributed by atoms with Crippen LogP contribution < -0.4 is 10.2 Å². The Morgan fingerprint density at radius 3 is 2.67 bits per heavy atom. The third-order valence-electron chi connectivity index (χ3n) is 5.04. The second kappa shape index (κ2) is 5.21. The number of allylic oxidation sites excluding steroid dienone is 1. The summed E-state index contributed by atoms with van der Waals surface area (Å²) >= 11 is 0. The summed E-state index contributed by atoms with van der Waals surface area (Å²) in [6, 6.07) is 6.67. The lowest BCUT2D eigenvalue weighted by atomic mass is 9.79. The van der Waals surface area contributed by atoms with E-state index in [1.807, 2.05) is 12.1 Å². The summed E-state index contributed by atoms with van der Waals surface area (Å²) in [4.78, 5) is 14.3. The van der Waals surface area contributed by atoms with Crippen molar-refractivity contribution in [1.82, 2.24) is 5.32 Å². The Balaban J connectivity index is 2.09. The number of anilines is 1. The highest BCUT2D eigenvalue weighted by Gasteiger charge is 2.42. The van der Waals surface area contributed by atoms with Crippen LogP contribution in [-0.4, -0.2) is 26.0 Å². The van der Waals surface area contributed by atoms with Crippen LogP contribution in [0.5, 0.6) is 0 Å². The molecular weight excluding hydrogens is 260 g/mol. The van der Waals surface area contributed by atoms with Crippen LogP contribution in [0.1, 0.15) is 42.6 Å². The predicted molar refractivity (Wildman–Crippen MR) is 87.6 cm³/mol. The van der Waals surface area contributed by atoms with Gasteiger partial charge in [-0.2, -0.15) is 0 Å². The molecule has 21 heavy (non-hydrogen) atoms. The third kappa shape index (κ3) is 2.25. The molecule has 1 fully saturated rings. The summed E-state index contributed by atoms with van der Waals surface area (Å²) in [7, 11) is 3.88. The fourth-order valence-corrected chi connectivity index (χ4v) is 3.87. The van der Waals surface area contributed by atoms with E-state index in [0.717, 1.165) is 11.5 Å². The lowest BCUT2D eigenvalue weighted by Gasteiger charge is -2.42. The van der Waals surface area contributed by atoms with Crippen LogP contribution in [0, 0.1) is 11.8 Å². The molecule has 1 aliphatic carbocycles.